The SMILES string of the molecule is COc1ccc(CNC(=O)c2cncc(C(=O)NCC(C)C)c2)cc1OC. The number of carbonyl (C=O) groups is 2. The van der Waals surface area contributed by atoms with Gasteiger partial charge in [-0.2, -0.15) is 0 Å². The van der Waals surface area contributed by atoms with Crippen LogP contribution in [0.1, 0.15) is 40.1 Å². The van der Waals surface area contributed by atoms with Gasteiger partial charge in [-0.05, 0) is 29.7 Å². The zero-order chi connectivity index (χ0) is 19.8. The van der Waals surface area contributed by atoms with Gasteiger partial charge in [0.2, 0.25) is 0 Å². The van der Waals surface area contributed by atoms with Gasteiger partial charge in [0, 0.05) is 25.5 Å². The van der Waals surface area contributed by atoms with Crippen molar-refractivity contribution >= 4 is 11.8 Å². The van der Waals surface area contributed by atoms with Crippen LogP contribution in [0.25, 0.3) is 0 Å². The third-order valence-corrected chi connectivity index (χ3v) is 3.83. The van der Waals surface area contributed by atoms with Gasteiger partial charge in [-0.25, -0.2) is 0 Å². The van der Waals surface area contributed by atoms with Crippen LogP contribution in [0, 0.1) is 5.92 Å². The predicted octanol–water partition coefficient (Wildman–Crippen LogP) is 2.41. The lowest BCUT2D eigenvalue weighted by Crippen LogP contribution is -2.28. The van der Waals surface area contributed by atoms with Crippen molar-refractivity contribution in [2.75, 3.05) is 20.8 Å². The average Bonchev–Trinajstić information content (AvgIpc) is 2.69. The van der Waals surface area contributed by atoms with E-state index in [9.17, 15) is 9.59 Å². The Morgan fingerprint density at radius 3 is 2.19 bits per heavy atom. The van der Waals surface area contributed by atoms with Crippen LogP contribution in [0.3, 0.4) is 0 Å². The van der Waals surface area contributed by atoms with Crippen molar-refractivity contribution in [2.45, 2.75) is 20.4 Å². The Labute approximate surface area is 159 Å². The highest BCUT2D eigenvalue weighted by Gasteiger charge is 2.12. The maximum Gasteiger partial charge on any atom is 0.253 e. The summed E-state index contributed by atoms with van der Waals surface area (Å²) in [6.45, 7) is 4.89. The van der Waals surface area contributed by atoms with E-state index in [1.54, 1.807) is 26.4 Å². The number of hydrogen-bond acceptors (Lipinski definition) is 5. The third-order valence-electron chi connectivity index (χ3n) is 3.83. The standard InChI is InChI=1S/C20H25N3O4/c1-13(2)9-22-19(24)15-8-16(12-21-11-15)20(25)23-10-14-5-6-17(26-3)18(7-14)27-4/h5-8,11-13H,9-10H2,1-4H3,(H,22,24)(H,23,25). The monoisotopic (exact) mass is 371 g/mol. The van der Waals surface area contributed by atoms with Crippen LogP contribution >= 0.6 is 0 Å². The minimum absolute atomic E-state index is 0.245. The first-order valence-electron chi connectivity index (χ1n) is 8.67. The van der Waals surface area contributed by atoms with Gasteiger partial charge >= 0.3 is 0 Å². The molecule has 7 heteroatoms. The van der Waals surface area contributed by atoms with Crippen molar-refractivity contribution < 1.29 is 19.1 Å². The van der Waals surface area contributed by atoms with Crippen molar-refractivity contribution in [1.29, 1.82) is 0 Å². The van der Waals surface area contributed by atoms with Gasteiger partial charge in [0.15, 0.2) is 11.5 Å². The van der Waals surface area contributed by atoms with Gasteiger partial charge in [-0.15, -0.1) is 0 Å². The lowest BCUT2D eigenvalue weighted by molar-refractivity contribution is 0.0948. The number of nitrogens with zero attached hydrogens (tertiary/aromatic N) is 1. The number of ether oxygens (including phenoxy) is 2. The summed E-state index contributed by atoms with van der Waals surface area (Å²) in [5.41, 5.74) is 1.54. The van der Waals surface area contributed by atoms with Crippen molar-refractivity contribution in [3.8, 4) is 11.5 Å². The van der Waals surface area contributed by atoms with Gasteiger partial charge in [0.25, 0.3) is 11.8 Å². The number of rotatable bonds is 8. The van der Waals surface area contributed by atoms with E-state index in [1.807, 2.05) is 19.9 Å². The van der Waals surface area contributed by atoms with Crippen molar-refractivity contribution in [1.82, 2.24) is 15.6 Å². The molecule has 144 valence electrons. The Bertz CT molecular complexity index is 806. The van der Waals surface area contributed by atoms with Gasteiger partial charge in [0.05, 0.1) is 25.3 Å². The van der Waals surface area contributed by atoms with Crippen LogP contribution in [-0.4, -0.2) is 37.6 Å². The van der Waals surface area contributed by atoms with E-state index in [2.05, 4.69) is 15.6 Å². The molecule has 0 spiro atoms. The van der Waals surface area contributed by atoms with Gasteiger partial charge in [-0.3, -0.25) is 14.6 Å². The highest BCUT2D eigenvalue weighted by atomic mass is 16.5. The number of aromatic nitrogens is 1. The van der Waals surface area contributed by atoms with E-state index in [-0.39, 0.29) is 11.8 Å². The van der Waals surface area contributed by atoms with Crippen LogP contribution in [0.2, 0.25) is 0 Å². The molecule has 0 aliphatic rings. The van der Waals surface area contributed by atoms with E-state index in [1.165, 1.54) is 18.5 Å². The molecule has 0 radical (unpaired) electrons. The first-order chi connectivity index (χ1) is 12.9. The topological polar surface area (TPSA) is 89.5 Å². The molecule has 0 bridgehead atoms. The minimum Gasteiger partial charge on any atom is -0.493 e. The fraction of sp³-hybridized carbons (Fsp3) is 0.350. The van der Waals surface area contributed by atoms with Crippen LogP contribution in [0.15, 0.2) is 36.7 Å². The number of benzene rings is 1. The molecule has 2 aromatic rings. The second-order valence-electron chi connectivity index (χ2n) is 6.44. The summed E-state index contributed by atoms with van der Waals surface area (Å²) in [5, 5.41) is 5.62. The number of pyridine rings is 1. The molecule has 7 nitrogen and oxygen atoms in total. The fourth-order valence-corrected chi connectivity index (χ4v) is 2.36. The lowest BCUT2D eigenvalue weighted by atomic mass is 10.1. The normalized spacial score (nSPS) is 10.4. The van der Waals surface area contributed by atoms with Crippen molar-refractivity contribution in [2.24, 2.45) is 5.92 Å². The maximum atomic E-state index is 12.4. The Morgan fingerprint density at radius 2 is 1.59 bits per heavy atom. The zero-order valence-electron chi connectivity index (χ0n) is 16.0. The third kappa shape index (κ3) is 5.70. The van der Waals surface area contributed by atoms with Crippen LogP contribution in [-0.2, 0) is 6.54 Å². The summed E-state index contributed by atoms with van der Waals surface area (Å²) < 4.78 is 10.5. The molecular weight excluding hydrogens is 346 g/mol. The lowest BCUT2D eigenvalue weighted by Gasteiger charge is -2.11. The minimum atomic E-state index is -0.309. The quantitative estimate of drug-likeness (QED) is 0.744. The molecule has 2 N–H and O–H groups in total. The summed E-state index contributed by atoms with van der Waals surface area (Å²) in [4.78, 5) is 28.5. The second kappa shape index (κ2) is 9.56. The Morgan fingerprint density at radius 1 is 0.963 bits per heavy atom. The summed E-state index contributed by atoms with van der Waals surface area (Å²) in [6.07, 6.45) is 2.88. The Hall–Kier alpha value is -3.09. The fourth-order valence-electron chi connectivity index (χ4n) is 2.36. The summed E-state index contributed by atoms with van der Waals surface area (Å²) in [5.74, 6) is 1.00. The van der Waals surface area contributed by atoms with Crippen LogP contribution in [0.5, 0.6) is 11.5 Å². The second-order valence-corrected chi connectivity index (χ2v) is 6.44. The van der Waals surface area contributed by atoms with E-state index in [0.29, 0.717) is 41.6 Å². The first kappa shape index (κ1) is 20.2. The molecule has 1 aromatic carbocycles. The zero-order valence-corrected chi connectivity index (χ0v) is 16.0. The molecule has 1 aromatic heterocycles. The first-order valence-corrected chi connectivity index (χ1v) is 8.67. The largest absolute Gasteiger partial charge is 0.493 e. The molecule has 1 heterocycles. The molecule has 2 amide bonds. The average molecular weight is 371 g/mol. The van der Waals surface area contributed by atoms with Gasteiger partial charge in [-0.1, -0.05) is 19.9 Å². The molecule has 0 aliphatic carbocycles. The number of methoxy groups -OCH3 is 2. The Balaban J connectivity index is 2.02. The van der Waals surface area contributed by atoms with Gasteiger partial charge < -0.3 is 20.1 Å². The summed E-state index contributed by atoms with van der Waals surface area (Å²) in [6, 6.07) is 6.96. The smallest absolute Gasteiger partial charge is 0.253 e. The van der Waals surface area contributed by atoms with Gasteiger partial charge in [0.1, 0.15) is 0 Å². The van der Waals surface area contributed by atoms with Crippen LogP contribution in [0.4, 0.5) is 0 Å². The molecule has 0 saturated carbocycles. The summed E-state index contributed by atoms with van der Waals surface area (Å²) in [7, 11) is 3.12. The molecule has 0 saturated heterocycles. The highest BCUT2D eigenvalue weighted by Crippen LogP contribution is 2.27. The molecule has 2 rings (SSSR count). The maximum absolute atomic E-state index is 12.4. The highest BCUT2D eigenvalue weighted by molar-refractivity contribution is 5.99. The summed E-state index contributed by atoms with van der Waals surface area (Å²) >= 11 is 0. The number of nitrogens with one attached hydrogen (secondary N) is 2. The van der Waals surface area contributed by atoms with Crippen LogP contribution < -0.4 is 20.1 Å². The molecule has 0 aliphatic heterocycles. The molecular formula is C20H25N3O4. The van der Waals surface area contributed by atoms with Crippen molar-refractivity contribution in [3.05, 3.63) is 53.3 Å². The number of amides is 2. The predicted molar refractivity (Wildman–Crippen MR) is 102 cm³/mol. The number of carbonyl (C=O) groups excluding carboxylic acids is 2. The molecule has 0 atom stereocenters. The van der Waals surface area contributed by atoms with E-state index >= 15 is 0 Å². The van der Waals surface area contributed by atoms with E-state index in [4.69, 9.17) is 9.47 Å². The van der Waals surface area contributed by atoms with Crippen molar-refractivity contribution in [3.63, 3.8) is 0 Å². The molecule has 27 heavy (non-hydrogen) atoms. The van der Waals surface area contributed by atoms with E-state index in [0.717, 1.165) is 5.56 Å². The Kier molecular flexibility index (Phi) is 7.16. The number of hydrogen-bond donors (Lipinski definition) is 2. The van der Waals surface area contributed by atoms with E-state index < -0.39 is 0 Å². The molecule has 0 fully saturated rings. The molecule has 0 unspecified atom stereocenters.